The van der Waals surface area contributed by atoms with E-state index in [1.807, 2.05) is 77.5 Å². The van der Waals surface area contributed by atoms with Crippen LogP contribution in [0.1, 0.15) is 42.4 Å². The van der Waals surface area contributed by atoms with Gasteiger partial charge in [-0.05, 0) is 55.5 Å². The number of rotatable bonds is 8. The molecule has 0 radical (unpaired) electrons. The van der Waals surface area contributed by atoms with Gasteiger partial charge >= 0.3 is 0 Å². The molecule has 1 saturated carbocycles. The number of nitrogens with zero attached hydrogens (tertiary/aromatic N) is 3. The van der Waals surface area contributed by atoms with E-state index >= 15 is 0 Å². The molecule has 4 aromatic rings. The molecule has 0 saturated heterocycles. The minimum absolute atomic E-state index is 0.00582. The Labute approximate surface area is 224 Å². The standard InChI is InChI=1S/C32H34N4O2/c1-23-17-18-28(19-24(23)2)36-21-29(26-13-7-4-8-14-26)33-32(36)34-30(37)22-35(20-25-11-5-3-6-12-25)31(38)27-15-9-10-16-27/h3-8,11-14,17-19,21,27H,9-10,15-16,20,22H2,1-2H3,(H,33,34,37). The number of nitrogens with one attached hydrogen (secondary N) is 1. The molecular weight excluding hydrogens is 472 g/mol. The molecule has 1 aromatic heterocycles. The van der Waals surface area contributed by atoms with E-state index in [1.165, 1.54) is 5.56 Å². The first kappa shape index (κ1) is 25.5. The number of imidazole rings is 1. The van der Waals surface area contributed by atoms with Crippen LogP contribution in [0.4, 0.5) is 5.95 Å². The van der Waals surface area contributed by atoms with E-state index in [0.29, 0.717) is 12.5 Å². The van der Waals surface area contributed by atoms with Crippen molar-refractivity contribution in [2.24, 2.45) is 5.92 Å². The average molecular weight is 507 g/mol. The molecule has 5 rings (SSSR count). The van der Waals surface area contributed by atoms with Gasteiger partial charge in [0.25, 0.3) is 0 Å². The summed E-state index contributed by atoms with van der Waals surface area (Å²) < 4.78 is 1.91. The fourth-order valence-corrected chi connectivity index (χ4v) is 5.07. The van der Waals surface area contributed by atoms with Crippen molar-refractivity contribution in [3.8, 4) is 16.9 Å². The van der Waals surface area contributed by atoms with Crippen molar-refractivity contribution in [2.45, 2.75) is 46.1 Å². The first-order chi connectivity index (χ1) is 18.5. The van der Waals surface area contributed by atoms with Crippen LogP contribution in [0.3, 0.4) is 0 Å². The highest BCUT2D eigenvalue weighted by atomic mass is 16.2. The Hall–Kier alpha value is -4.19. The van der Waals surface area contributed by atoms with Crippen LogP contribution >= 0.6 is 0 Å². The topological polar surface area (TPSA) is 67.2 Å². The molecule has 6 heteroatoms. The van der Waals surface area contributed by atoms with Gasteiger partial charge in [-0.1, -0.05) is 79.6 Å². The Balaban J connectivity index is 1.42. The van der Waals surface area contributed by atoms with E-state index in [-0.39, 0.29) is 24.3 Å². The maximum atomic E-state index is 13.4. The van der Waals surface area contributed by atoms with Crippen LogP contribution in [0.2, 0.25) is 0 Å². The van der Waals surface area contributed by atoms with Crippen LogP contribution in [-0.4, -0.2) is 32.8 Å². The summed E-state index contributed by atoms with van der Waals surface area (Å²) in [6.45, 7) is 4.53. The molecule has 1 aliphatic rings. The number of anilines is 1. The van der Waals surface area contributed by atoms with E-state index < -0.39 is 0 Å². The number of aromatic nitrogens is 2. The Morgan fingerprint density at radius 2 is 1.61 bits per heavy atom. The zero-order chi connectivity index (χ0) is 26.5. The van der Waals surface area contributed by atoms with E-state index in [1.54, 1.807) is 4.90 Å². The lowest BCUT2D eigenvalue weighted by Crippen LogP contribution is -2.40. The first-order valence-corrected chi connectivity index (χ1v) is 13.3. The maximum Gasteiger partial charge on any atom is 0.246 e. The number of hydrogen-bond donors (Lipinski definition) is 1. The summed E-state index contributed by atoms with van der Waals surface area (Å²) in [5.41, 5.74) is 6.02. The molecule has 3 aromatic carbocycles. The summed E-state index contributed by atoms with van der Waals surface area (Å²) in [6.07, 6.45) is 5.86. The Bertz CT molecular complexity index is 1410. The summed E-state index contributed by atoms with van der Waals surface area (Å²) in [4.78, 5) is 33.3. The smallest absolute Gasteiger partial charge is 0.246 e. The van der Waals surface area contributed by atoms with Gasteiger partial charge in [0.05, 0.1) is 5.69 Å². The minimum atomic E-state index is -0.262. The van der Waals surface area contributed by atoms with Gasteiger partial charge in [-0.15, -0.1) is 0 Å². The quantitative estimate of drug-likeness (QED) is 0.304. The van der Waals surface area contributed by atoms with Crippen LogP contribution in [0.25, 0.3) is 16.9 Å². The lowest BCUT2D eigenvalue weighted by molar-refractivity contribution is -0.138. The zero-order valence-corrected chi connectivity index (χ0v) is 22.1. The van der Waals surface area contributed by atoms with Crippen molar-refractivity contribution in [2.75, 3.05) is 11.9 Å². The van der Waals surface area contributed by atoms with Gasteiger partial charge in [0.15, 0.2) is 0 Å². The monoisotopic (exact) mass is 506 g/mol. The molecule has 0 bridgehead atoms. The molecule has 38 heavy (non-hydrogen) atoms. The molecular formula is C32H34N4O2. The Kier molecular flexibility index (Phi) is 7.68. The molecule has 1 fully saturated rings. The van der Waals surface area contributed by atoms with Crippen LogP contribution in [-0.2, 0) is 16.1 Å². The van der Waals surface area contributed by atoms with Crippen LogP contribution < -0.4 is 5.32 Å². The van der Waals surface area contributed by atoms with Crippen molar-refractivity contribution in [1.29, 1.82) is 0 Å². The second kappa shape index (κ2) is 11.5. The normalized spacial score (nSPS) is 13.4. The number of carbonyl (C=O) groups is 2. The van der Waals surface area contributed by atoms with Gasteiger partial charge in [0, 0.05) is 29.9 Å². The summed E-state index contributed by atoms with van der Waals surface area (Å²) >= 11 is 0. The van der Waals surface area contributed by atoms with Gasteiger partial charge in [-0.2, -0.15) is 0 Å². The summed E-state index contributed by atoms with van der Waals surface area (Å²) in [5.74, 6) is 0.227. The van der Waals surface area contributed by atoms with Crippen molar-refractivity contribution in [3.63, 3.8) is 0 Å². The predicted octanol–water partition coefficient (Wildman–Crippen LogP) is 6.31. The summed E-state index contributed by atoms with van der Waals surface area (Å²) in [7, 11) is 0. The van der Waals surface area contributed by atoms with Crippen LogP contribution in [0.15, 0.2) is 85.1 Å². The van der Waals surface area contributed by atoms with Crippen LogP contribution in [0.5, 0.6) is 0 Å². The number of amides is 2. The molecule has 2 amide bonds. The third-order valence-electron chi connectivity index (χ3n) is 7.36. The highest BCUT2D eigenvalue weighted by Gasteiger charge is 2.29. The van der Waals surface area contributed by atoms with Gasteiger partial charge in [-0.25, -0.2) is 4.98 Å². The van der Waals surface area contributed by atoms with Gasteiger partial charge < -0.3 is 4.90 Å². The van der Waals surface area contributed by atoms with E-state index in [0.717, 1.165) is 53.8 Å². The minimum Gasteiger partial charge on any atom is -0.329 e. The molecule has 0 atom stereocenters. The van der Waals surface area contributed by atoms with E-state index in [9.17, 15) is 9.59 Å². The second-order valence-corrected chi connectivity index (χ2v) is 10.2. The van der Waals surface area contributed by atoms with Crippen LogP contribution in [0, 0.1) is 19.8 Å². The highest BCUT2D eigenvalue weighted by molar-refractivity contribution is 5.94. The van der Waals surface area contributed by atoms with Crippen molar-refractivity contribution < 1.29 is 9.59 Å². The second-order valence-electron chi connectivity index (χ2n) is 10.2. The fraction of sp³-hybridized carbons (Fsp3) is 0.281. The molecule has 194 valence electrons. The SMILES string of the molecule is Cc1ccc(-n2cc(-c3ccccc3)nc2NC(=O)CN(Cc2ccccc2)C(=O)C2CCCC2)cc1C. The highest BCUT2D eigenvalue weighted by Crippen LogP contribution is 2.28. The Morgan fingerprint density at radius 1 is 0.921 bits per heavy atom. The van der Waals surface area contributed by atoms with Crippen molar-refractivity contribution in [1.82, 2.24) is 14.5 Å². The molecule has 0 spiro atoms. The lowest BCUT2D eigenvalue weighted by atomic mass is 10.1. The predicted molar refractivity (Wildman–Crippen MR) is 151 cm³/mol. The maximum absolute atomic E-state index is 13.4. The molecule has 0 aliphatic heterocycles. The number of aryl methyl sites for hydroxylation is 2. The number of hydrogen-bond acceptors (Lipinski definition) is 3. The van der Waals surface area contributed by atoms with Gasteiger partial charge in [0.1, 0.15) is 6.54 Å². The third-order valence-corrected chi connectivity index (χ3v) is 7.36. The molecule has 0 unspecified atom stereocenters. The first-order valence-electron chi connectivity index (χ1n) is 13.3. The average Bonchev–Trinajstić information content (AvgIpc) is 3.61. The molecule has 1 heterocycles. The van der Waals surface area contributed by atoms with Gasteiger partial charge in [0.2, 0.25) is 17.8 Å². The number of benzene rings is 3. The van der Waals surface area contributed by atoms with Crippen molar-refractivity contribution in [3.05, 3.63) is 102 Å². The Morgan fingerprint density at radius 3 is 2.29 bits per heavy atom. The zero-order valence-electron chi connectivity index (χ0n) is 22.1. The fourth-order valence-electron chi connectivity index (χ4n) is 5.07. The molecule has 6 nitrogen and oxygen atoms in total. The van der Waals surface area contributed by atoms with Gasteiger partial charge in [-0.3, -0.25) is 19.5 Å². The summed E-state index contributed by atoms with van der Waals surface area (Å²) in [6, 6.07) is 26.0. The third kappa shape index (κ3) is 5.86. The number of carbonyl (C=O) groups excluding carboxylic acids is 2. The van der Waals surface area contributed by atoms with E-state index in [4.69, 9.17) is 4.98 Å². The summed E-state index contributed by atoms with van der Waals surface area (Å²) in [5, 5.41) is 3.01. The lowest BCUT2D eigenvalue weighted by Gasteiger charge is -2.25. The van der Waals surface area contributed by atoms with Crippen molar-refractivity contribution >= 4 is 17.8 Å². The largest absolute Gasteiger partial charge is 0.329 e. The molecule has 1 aliphatic carbocycles. The van der Waals surface area contributed by atoms with E-state index in [2.05, 4.69) is 31.3 Å². The molecule has 1 N–H and O–H groups in total.